The van der Waals surface area contributed by atoms with Gasteiger partial charge < -0.3 is 10.4 Å². The van der Waals surface area contributed by atoms with E-state index in [1.54, 1.807) is 17.9 Å². The number of nitrogens with one attached hydrogen (secondary N) is 1. The highest BCUT2D eigenvalue weighted by molar-refractivity contribution is 6.31. The van der Waals surface area contributed by atoms with Crippen molar-refractivity contribution < 1.29 is 5.11 Å². The predicted octanol–water partition coefficient (Wildman–Crippen LogP) is 1.25. The highest BCUT2D eigenvalue weighted by atomic mass is 35.5. The second-order valence-electron chi connectivity index (χ2n) is 4.00. The molecular weight excluding hydrogens is 214 g/mol. The maximum atomic E-state index is 10.2. The van der Waals surface area contributed by atoms with Gasteiger partial charge in [0, 0.05) is 13.1 Å². The molecule has 1 aliphatic rings. The van der Waals surface area contributed by atoms with Crippen LogP contribution in [0.5, 0.6) is 0 Å². The quantitative estimate of drug-likeness (QED) is 0.803. The van der Waals surface area contributed by atoms with Crippen LogP contribution >= 0.6 is 11.6 Å². The summed E-state index contributed by atoms with van der Waals surface area (Å²) in [5.41, 5.74) is 0.705. The number of aryl methyl sites for hydroxylation is 1. The van der Waals surface area contributed by atoms with E-state index in [9.17, 15) is 5.11 Å². The Morgan fingerprint density at radius 2 is 2.47 bits per heavy atom. The lowest BCUT2D eigenvalue weighted by atomic mass is 9.98. The van der Waals surface area contributed by atoms with E-state index in [1.807, 2.05) is 0 Å². The van der Waals surface area contributed by atoms with Crippen LogP contribution < -0.4 is 5.32 Å². The predicted molar refractivity (Wildman–Crippen MR) is 58.8 cm³/mol. The van der Waals surface area contributed by atoms with E-state index in [0.717, 1.165) is 19.4 Å². The van der Waals surface area contributed by atoms with E-state index in [-0.39, 0.29) is 6.04 Å². The molecule has 1 saturated heterocycles. The van der Waals surface area contributed by atoms with E-state index < -0.39 is 6.10 Å². The second kappa shape index (κ2) is 4.51. The lowest BCUT2D eigenvalue weighted by Gasteiger charge is -2.28. The molecule has 84 valence electrons. The molecule has 1 aliphatic heterocycles. The fourth-order valence-electron chi connectivity index (χ4n) is 2.09. The first-order valence-electron chi connectivity index (χ1n) is 5.29. The van der Waals surface area contributed by atoms with Gasteiger partial charge in [0.15, 0.2) is 0 Å². The van der Waals surface area contributed by atoms with Crippen molar-refractivity contribution in [2.75, 3.05) is 6.54 Å². The average molecular weight is 230 g/mol. The summed E-state index contributed by atoms with van der Waals surface area (Å²) in [5, 5.41) is 18.1. The summed E-state index contributed by atoms with van der Waals surface area (Å²) >= 11 is 5.99. The zero-order chi connectivity index (χ0) is 10.8. The molecule has 0 amide bonds. The molecule has 2 N–H and O–H groups in total. The topological polar surface area (TPSA) is 50.1 Å². The molecule has 0 aromatic carbocycles. The summed E-state index contributed by atoms with van der Waals surface area (Å²) < 4.78 is 1.64. The van der Waals surface area contributed by atoms with Crippen molar-refractivity contribution in [3.05, 3.63) is 16.9 Å². The zero-order valence-corrected chi connectivity index (χ0v) is 9.54. The Balaban J connectivity index is 2.15. The fraction of sp³-hybridized carbons (Fsp3) is 0.700. The third kappa shape index (κ3) is 2.17. The normalized spacial score (nSPS) is 24.1. The summed E-state index contributed by atoms with van der Waals surface area (Å²) in [5.74, 6) is 0. The number of hydrogen-bond donors (Lipinski definition) is 2. The molecule has 1 fully saturated rings. The van der Waals surface area contributed by atoms with Crippen LogP contribution in [0.4, 0.5) is 0 Å². The minimum Gasteiger partial charge on any atom is -0.385 e. The molecule has 0 radical (unpaired) electrons. The van der Waals surface area contributed by atoms with Crippen molar-refractivity contribution in [3.8, 4) is 0 Å². The first-order valence-corrected chi connectivity index (χ1v) is 5.67. The Morgan fingerprint density at radius 1 is 1.67 bits per heavy atom. The summed E-state index contributed by atoms with van der Waals surface area (Å²) in [6.07, 6.45) is 4.34. The Morgan fingerprint density at radius 3 is 3.00 bits per heavy atom. The van der Waals surface area contributed by atoms with Gasteiger partial charge in [-0.1, -0.05) is 18.0 Å². The molecule has 0 saturated carbocycles. The van der Waals surface area contributed by atoms with E-state index >= 15 is 0 Å². The van der Waals surface area contributed by atoms with Gasteiger partial charge in [-0.2, -0.15) is 5.10 Å². The van der Waals surface area contributed by atoms with E-state index in [0.29, 0.717) is 10.7 Å². The molecule has 0 spiro atoms. The van der Waals surface area contributed by atoms with E-state index in [1.165, 1.54) is 6.42 Å². The van der Waals surface area contributed by atoms with Crippen molar-refractivity contribution >= 4 is 11.6 Å². The van der Waals surface area contributed by atoms with Crippen LogP contribution in [-0.4, -0.2) is 27.5 Å². The lowest BCUT2D eigenvalue weighted by molar-refractivity contribution is 0.106. The number of aliphatic hydroxyl groups excluding tert-OH is 1. The highest BCUT2D eigenvalue weighted by Crippen LogP contribution is 2.27. The number of aliphatic hydroxyl groups is 1. The number of aromatic nitrogens is 2. The van der Waals surface area contributed by atoms with E-state index in [4.69, 9.17) is 11.6 Å². The molecule has 1 aromatic heterocycles. The minimum atomic E-state index is -0.565. The fourth-order valence-corrected chi connectivity index (χ4v) is 2.37. The van der Waals surface area contributed by atoms with Gasteiger partial charge in [0.2, 0.25) is 0 Å². The molecule has 2 heterocycles. The van der Waals surface area contributed by atoms with Gasteiger partial charge in [-0.25, -0.2) is 0 Å². The molecule has 2 rings (SSSR count). The third-order valence-corrected chi connectivity index (χ3v) is 3.24. The molecule has 15 heavy (non-hydrogen) atoms. The van der Waals surface area contributed by atoms with Crippen LogP contribution in [0.1, 0.15) is 31.1 Å². The summed E-state index contributed by atoms with van der Waals surface area (Å²) in [4.78, 5) is 0. The van der Waals surface area contributed by atoms with Gasteiger partial charge in [-0.3, -0.25) is 4.68 Å². The van der Waals surface area contributed by atoms with Crippen molar-refractivity contribution in [2.24, 2.45) is 7.05 Å². The maximum absolute atomic E-state index is 10.2. The maximum Gasteiger partial charge on any atom is 0.112 e. The van der Waals surface area contributed by atoms with Crippen molar-refractivity contribution in [3.63, 3.8) is 0 Å². The van der Waals surface area contributed by atoms with Crippen molar-refractivity contribution in [1.29, 1.82) is 0 Å². The molecule has 0 aliphatic carbocycles. The number of rotatable bonds is 2. The van der Waals surface area contributed by atoms with Gasteiger partial charge in [0.05, 0.1) is 16.9 Å². The molecule has 2 atom stereocenters. The summed E-state index contributed by atoms with van der Waals surface area (Å²) in [7, 11) is 1.80. The standard InChI is InChI=1S/C10H16ClN3O/c1-14-9(7(11)6-13-14)10(15)8-4-2-3-5-12-8/h6,8,10,12,15H,2-5H2,1H3. The summed E-state index contributed by atoms with van der Waals surface area (Å²) in [6, 6.07) is 0.103. The monoisotopic (exact) mass is 229 g/mol. The molecule has 5 heteroatoms. The van der Waals surface area contributed by atoms with Crippen LogP contribution in [0.2, 0.25) is 5.02 Å². The molecular formula is C10H16ClN3O. The van der Waals surface area contributed by atoms with Crippen LogP contribution in [0.15, 0.2) is 6.20 Å². The SMILES string of the molecule is Cn1ncc(Cl)c1C(O)C1CCCCN1. The van der Waals surface area contributed by atoms with Crippen molar-refractivity contribution in [2.45, 2.75) is 31.4 Å². The van der Waals surface area contributed by atoms with Crippen LogP contribution in [0.3, 0.4) is 0 Å². The highest BCUT2D eigenvalue weighted by Gasteiger charge is 2.26. The molecule has 0 bridgehead atoms. The van der Waals surface area contributed by atoms with Gasteiger partial charge in [-0.05, 0) is 19.4 Å². The Hall–Kier alpha value is -0.580. The first-order chi connectivity index (χ1) is 7.20. The number of piperidine rings is 1. The van der Waals surface area contributed by atoms with Gasteiger partial charge >= 0.3 is 0 Å². The number of halogens is 1. The zero-order valence-electron chi connectivity index (χ0n) is 8.78. The minimum absolute atomic E-state index is 0.103. The van der Waals surface area contributed by atoms with Gasteiger partial charge in [-0.15, -0.1) is 0 Å². The first kappa shape index (κ1) is 10.9. The van der Waals surface area contributed by atoms with Crippen LogP contribution in [-0.2, 0) is 7.05 Å². The van der Waals surface area contributed by atoms with Gasteiger partial charge in [0.25, 0.3) is 0 Å². The van der Waals surface area contributed by atoms with E-state index in [2.05, 4.69) is 10.4 Å². The van der Waals surface area contributed by atoms with Crippen LogP contribution in [0, 0.1) is 0 Å². The molecule has 2 unspecified atom stereocenters. The van der Waals surface area contributed by atoms with Crippen LogP contribution in [0.25, 0.3) is 0 Å². The smallest absolute Gasteiger partial charge is 0.112 e. The molecule has 4 nitrogen and oxygen atoms in total. The van der Waals surface area contributed by atoms with Gasteiger partial charge in [0.1, 0.15) is 6.10 Å². The third-order valence-electron chi connectivity index (χ3n) is 2.95. The Kier molecular flexibility index (Phi) is 3.29. The summed E-state index contributed by atoms with van der Waals surface area (Å²) in [6.45, 7) is 0.969. The number of hydrogen-bond acceptors (Lipinski definition) is 3. The second-order valence-corrected chi connectivity index (χ2v) is 4.41. The van der Waals surface area contributed by atoms with Crippen molar-refractivity contribution in [1.82, 2.24) is 15.1 Å². The largest absolute Gasteiger partial charge is 0.385 e. The Labute approximate surface area is 94.2 Å². The Bertz CT molecular complexity index is 314. The average Bonchev–Trinajstić information content (AvgIpc) is 2.59. The lowest BCUT2D eigenvalue weighted by Crippen LogP contribution is -2.39. The molecule has 1 aromatic rings. The number of nitrogens with zero attached hydrogens (tertiary/aromatic N) is 2.